The smallest absolute Gasteiger partial charge is 0.194 e. The first kappa shape index (κ1) is 16.6. The van der Waals surface area contributed by atoms with Gasteiger partial charge in [-0.25, -0.2) is 4.99 Å². The van der Waals surface area contributed by atoms with E-state index >= 15 is 0 Å². The molecule has 24 heavy (non-hydrogen) atoms. The molecule has 1 saturated carbocycles. The molecular weight excluding hydrogens is 298 g/mol. The van der Waals surface area contributed by atoms with E-state index in [1.807, 2.05) is 37.2 Å². The van der Waals surface area contributed by atoms with E-state index < -0.39 is 0 Å². The first-order chi connectivity index (χ1) is 11.7. The summed E-state index contributed by atoms with van der Waals surface area (Å²) in [6, 6.07) is 13.0. The van der Waals surface area contributed by atoms with E-state index in [2.05, 4.69) is 39.4 Å². The lowest BCUT2D eigenvalue weighted by Gasteiger charge is -2.17. The molecule has 0 spiro atoms. The second-order valence-electron chi connectivity index (χ2n) is 6.60. The van der Waals surface area contributed by atoms with Gasteiger partial charge in [0.25, 0.3) is 0 Å². The number of benzene rings is 1. The van der Waals surface area contributed by atoms with Gasteiger partial charge in [-0.1, -0.05) is 43.2 Å². The molecule has 1 aliphatic rings. The zero-order valence-corrected chi connectivity index (χ0v) is 14.7. The Bertz CT molecular complexity index is 653. The van der Waals surface area contributed by atoms with Gasteiger partial charge < -0.3 is 10.2 Å². The van der Waals surface area contributed by atoms with Crippen LogP contribution < -0.4 is 5.32 Å². The van der Waals surface area contributed by atoms with Gasteiger partial charge in [-0.15, -0.1) is 0 Å². The van der Waals surface area contributed by atoms with Crippen LogP contribution in [0.3, 0.4) is 0 Å². The molecule has 5 heteroatoms. The van der Waals surface area contributed by atoms with E-state index in [9.17, 15) is 0 Å². The monoisotopic (exact) mass is 325 g/mol. The van der Waals surface area contributed by atoms with Crippen molar-refractivity contribution in [2.24, 2.45) is 4.99 Å². The summed E-state index contributed by atoms with van der Waals surface area (Å²) >= 11 is 0. The summed E-state index contributed by atoms with van der Waals surface area (Å²) in [7, 11) is 4.02. The maximum absolute atomic E-state index is 4.72. The van der Waals surface area contributed by atoms with Crippen LogP contribution in [-0.2, 0) is 13.1 Å². The Morgan fingerprint density at radius 3 is 2.67 bits per heavy atom. The summed E-state index contributed by atoms with van der Waals surface area (Å²) in [5, 5.41) is 8.13. The van der Waals surface area contributed by atoms with Gasteiger partial charge in [0, 0.05) is 20.3 Å². The van der Waals surface area contributed by atoms with Crippen molar-refractivity contribution in [2.45, 2.75) is 44.8 Å². The SMILES string of the molecule is CN(C)C(=NCc1ccccc1)NCc1ccn(C2CCCC2)n1. The fourth-order valence-electron chi connectivity index (χ4n) is 3.12. The molecule has 128 valence electrons. The maximum Gasteiger partial charge on any atom is 0.194 e. The summed E-state index contributed by atoms with van der Waals surface area (Å²) in [5.41, 5.74) is 2.28. The van der Waals surface area contributed by atoms with E-state index in [1.165, 1.54) is 31.2 Å². The van der Waals surface area contributed by atoms with Crippen molar-refractivity contribution in [2.75, 3.05) is 14.1 Å². The molecule has 1 fully saturated rings. The van der Waals surface area contributed by atoms with Gasteiger partial charge in [0.15, 0.2) is 5.96 Å². The topological polar surface area (TPSA) is 45.5 Å². The Hall–Kier alpha value is -2.30. The Kier molecular flexibility index (Phi) is 5.51. The Morgan fingerprint density at radius 2 is 1.96 bits per heavy atom. The van der Waals surface area contributed by atoms with Crippen LogP contribution in [0.5, 0.6) is 0 Å². The fraction of sp³-hybridized carbons (Fsp3) is 0.474. The Labute approximate surface area is 144 Å². The quantitative estimate of drug-likeness (QED) is 0.678. The molecule has 0 aliphatic heterocycles. The Morgan fingerprint density at radius 1 is 1.21 bits per heavy atom. The lowest BCUT2D eigenvalue weighted by molar-refractivity contribution is 0.461. The van der Waals surface area contributed by atoms with Crippen LogP contribution in [0.2, 0.25) is 0 Å². The lowest BCUT2D eigenvalue weighted by Crippen LogP contribution is -2.36. The highest BCUT2D eigenvalue weighted by atomic mass is 15.3. The van der Waals surface area contributed by atoms with E-state index in [-0.39, 0.29) is 0 Å². The Balaban J connectivity index is 1.58. The van der Waals surface area contributed by atoms with Gasteiger partial charge in [0.1, 0.15) is 0 Å². The highest BCUT2D eigenvalue weighted by Crippen LogP contribution is 2.28. The molecule has 0 unspecified atom stereocenters. The number of hydrogen-bond donors (Lipinski definition) is 1. The molecule has 1 N–H and O–H groups in total. The van der Waals surface area contributed by atoms with Crippen molar-refractivity contribution in [3.8, 4) is 0 Å². The molecule has 1 heterocycles. The molecule has 1 aromatic heterocycles. The first-order valence-corrected chi connectivity index (χ1v) is 8.76. The maximum atomic E-state index is 4.72. The number of guanidine groups is 1. The molecular formula is C19H27N5. The molecule has 0 bridgehead atoms. The van der Waals surface area contributed by atoms with Crippen molar-refractivity contribution in [3.63, 3.8) is 0 Å². The van der Waals surface area contributed by atoms with Gasteiger partial charge in [-0.3, -0.25) is 4.68 Å². The van der Waals surface area contributed by atoms with Gasteiger partial charge in [-0.05, 0) is 24.5 Å². The lowest BCUT2D eigenvalue weighted by atomic mass is 10.2. The van der Waals surface area contributed by atoms with Crippen LogP contribution in [0.1, 0.15) is 43.0 Å². The zero-order chi connectivity index (χ0) is 16.8. The zero-order valence-electron chi connectivity index (χ0n) is 14.7. The molecule has 0 amide bonds. The van der Waals surface area contributed by atoms with Crippen molar-refractivity contribution in [1.29, 1.82) is 0 Å². The van der Waals surface area contributed by atoms with Crippen molar-refractivity contribution in [1.82, 2.24) is 20.0 Å². The average Bonchev–Trinajstić information content (AvgIpc) is 3.27. The fourth-order valence-corrected chi connectivity index (χ4v) is 3.12. The minimum absolute atomic E-state index is 0.596. The molecule has 0 atom stereocenters. The van der Waals surface area contributed by atoms with Gasteiger partial charge in [0.2, 0.25) is 0 Å². The third-order valence-corrected chi connectivity index (χ3v) is 4.47. The van der Waals surface area contributed by atoms with Crippen molar-refractivity contribution in [3.05, 3.63) is 53.9 Å². The normalized spacial score (nSPS) is 15.7. The van der Waals surface area contributed by atoms with Crippen LogP contribution in [-0.4, -0.2) is 34.7 Å². The van der Waals surface area contributed by atoms with E-state index in [0.717, 1.165) is 11.7 Å². The van der Waals surface area contributed by atoms with Crippen LogP contribution in [0.4, 0.5) is 0 Å². The number of aliphatic imine (C=N–C) groups is 1. The number of rotatable bonds is 5. The summed E-state index contributed by atoms with van der Waals surface area (Å²) in [6.45, 7) is 1.38. The van der Waals surface area contributed by atoms with E-state index in [4.69, 9.17) is 5.10 Å². The minimum Gasteiger partial charge on any atom is -0.351 e. The van der Waals surface area contributed by atoms with Gasteiger partial charge >= 0.3 is 0 Å². The van der Waals surface area contributed by atoms with Gasteiger partial charge in [-0.2, -0.15) is 5.10 Å². The third kappa shape index (κ3) is 4.37. The molecule has 1 aliphatic carbocycles. The van der Waals surface area contributed by atoms with Crippen molar-refractivity contribution < 1.29 is 0 Å². The second kappa shape index (κ2) is 7.99. The number of aromatic nitrogens is 2. The highest BCUT2D eigenvalue weighted by Gasteiger charge is 2.17. The summed E-state index contributed by atoms with van der Waals surface area (Å²) in [5.74, 6) is 0.884. The number of hydrogen-bond acceptors (Lipinski definition) is 2. The number of nitrogens with zero attached hydrogens (tertiary/aromatic N) is 4. The van der Waals surface area contributed by atoms with Crippen LogP contribution in [0.15, 0.2) is 47.6 Å². The predicted octanol–water partition coefficient (Wildman–Crippen LogP) is 3.21. The molecule has 0 saturated heterocycles. The van der Waals surface area contributed by atoms with Crippen LogP contribution >= 0.6 is 0 Å². The molecule has 2 aromatic rings. The number of nitrogens with one attached hydrogen (secondary N) is 1. The minimum atomic E-state index is 0.596. The first-order valence-electron chi connectivity index (χ1n) is 8.76. The summed E-state index contributed by atoms with van der Waals surface area (Å²) in [4.78, 5) is 6.70. The largest absolute Gasteiger partial charge is 0.351 e. The van der Waals surface area contributed by atoms with Crippen molar-refractivity contribution >= 4 is 5.96 Å². The molecule has 3 rings (SSSR count). The highest BCUT2D eigenvalue weighted by molar-refractivity contribution is 5.79. The standard InChI is InChI=1S/C19H27N5/c1-23(2)19(20-14-16-8-4-3-5-9-16)21-15-17-12-13-24(22-17)18-10-6-7-11-18/h3-5,8-9,12-13,18H,6-7,10-11,14-15H2,1-2H3,(H,20,21). The molecule has 5 nitrogen and oxygen atoms in total. The average molecular weight is 325 g/mol. The third-order valence-electron chi connectivity index (χ3n) is 4.47. The summed E-state index contributed by atoms with van der Waals surface area (Å²) in [6.07, 6.45) is 7.29. The molecule has 1 aromatic carbocycles. The summed E-state index contributed by atoms with van der Waals surface area (Å²) < 4.78 is 2.14. The van der Waals surface area contributed by atoms with Gasteiger partial charge in [0.05, 0.1) is 24.8 Å². The predicted molar refractivity (Wildman–Crippen MR) is 97.8 cm³/mol. The second-order valence-corrected chi connectivity index (χ2v) is 6.60. The van der Waals surface area contributed by atoms with Crippen LogP contribution in [0, 0.1) is 0 Å². The van der Waals surface area contributed by atoms with E-state index in [1.54, 1.807) is 0 Å². The van der Waals surface area contributed by atoms with E-state index in [0.29, 0.717) is 19.1 Å². The molecule has 0 radical (unpaired) electrons. The van der Waals surface area contributed by atoms with Crippen LogP contribution in [0.25, 0.3) is 0 Å².